The van der Waals surface area contributed by atoms with Crippen molar-refractivity contribution in [1.82, 2.24) is 15.1 Å². The van der Waals surface area contributed by atoms with Crippen LogP contribution >= 0.6 is 11.6 Å². The SMILES string of the molecule is CC(CNC(=O)C=C(c1ccc(Cl)cc1)C(F)(F)F)CN1CCN(C)CC1. The van der Waals surface area contributed by atoms with Crippen LogP contribution in [0, 0.1) is 5.92 Å². The molecule has 1 unspecified atom stereocenters. The molecule has 1 aromatic carbocycles. The molecule has 0 saturated carbocycles. The predicted molar refractivity (Wildman–Crippen MR) is 102 cm³/mol. The van der Waals surface area contributed by atoms with Crippen LogP contribution in [0.3, 0.4) is 0 Å². The molecule has 150 valence electrons. The van der Waals surface area contributed by atoms with Crippen LogP contribution in [0.5, 0.6) is 0 Å². The number of likely N-dealkylation sites (N-methyl/N-ethyl adjacent to an activating group) is 1. The number of benzene rings is 1. The summed E-state index contributed by atoms with van der Waals surface area (Å²) in [6, 6.07) is 5.24. The minimum absolute atomic E-state index is 0.0902. The van der Waals surface area contributed by atoms with Gasteiger partial charge in [-0.3, -0.25) is 4.79 Å². The molecule has 1 aliphatic heterocycles. The first-order valence-corrected chi connectivity index (χ1v) is 9.26. The summed E-state index contributed by atoms with van der Waals surface area (Å²) in [5, 5.41) is 2.92. The molecule has 0 spiro atoms. The topological polar surface area (TPSA) is 35.6 Å². The van der Waals surface area contributed by atoms with E-state index < -0.39 is 17.7 Å². The summed E-state index contributed by atoms with van der Waals surface area (Å²) < 4.78 is 39.9. The molecule has 1 amide bonds. The lowest BCUT2D eigenvalue weighted by Crippen LogP contribution is -2.46. The van der Waals surface area contributed by atoms with Gasteiger partial charge in [0.25, 0.3) is 0 Å². The molecule has 0 radical (unpaired) electrons. The van der Waals surface area contributed by atoms with Crippen LogP contribution in [0.1, 0.15) is 12.5 Å². The first kappa shape index (κ1) is 21.7. The minimum atomic E-state index is -4.63. The summed E-state index contributed by atoms with van der Waals surface area (Å²) in [6.45, 7) is 7.03. The summed E-state index contributed by atoms with van der Waals surface area (Å²) in [5.74, 6) is -0.599. The molecule has 1 heterocycles. The summed E-state index contributed by atoms with van der Waals surface area (Å²) >= 11 is 5.72. The fourth-order valence-electron chi connectivity index (χ4n) is 2.95. The Morgan fingerprint density at radius 3 is 2.37 bits per heavy atom. The number of carbonyl (C=O) groups is 1. The zero-order chi connectivity index (χ0) is 20.0. The van der Waals surface area contributed by atoms with Crippen molar-refractivity contribution in [2.24, 2.45) is 5.92 Å². The molecule has 1 N–H and O–H groups in total. The molecule has 1 atom stereocenters. The van der Waals surface area contributed by atoms with Crippen molar-refractivity contribution < 1.29 is 18.0 Å². The molecule has 4 nitrogen and oxygen atoms in total. The summed E-state index contributed by atoms with van der Waals surface area (Å²) in [7, 11) is 2.08. The second kappa shape index (κ2) is 9.57. The summed E-state index contributed by atoms with van der Waals surface area (Å²) in [4.78, 5) is 16.6. The third-order valence-electron chi connectivity index (χ3n) is 4.53. The Morgan fingerprint density at radius 2 is 1.81 bits per heavy atom. The van der Waals surface area contributed by atoms with Crippen molar-refractivity contribution in [3.63, 3.8) is 0 Å². The lowest BCUT2D eigenvalue weighted by atomic mass is 10.0. The molecule has 1 saturated heterocycles. The van der Waals surface area contributed by atoms with Crippen LogP contribution in [0.4, 0.5) is 13.2 Å². The highest BCUT2D eigenvalue weighted by molar-refractivity contribution is 6.30. The molecule has 27 heavy (non-hydrogen) atoms. The number of carbonyl (C=O) groups excluding carboxylic acids is 1. The fourth-order valence-corrected chi connectivity index (χ4v) is 3.08. The lowest BCUT2D eigenvalue weighted by molar-refractivity contribution is -0.117. The van der Waals surface area contributed by atoms with E-state index in [0.29, 0.717) is 17.6 Å². The zero-order valence-electron chi connectivity index (χ0n) is 15.5. The first-order chi connectivity index (χ1) is 12.6. The van der Waals surface area contributed by atoms with Crippen LogP contribution in [0.15, 0.2) is 30.3 Å². The maximum atomic E-state index is 13.3. The van der Waals surface area contributed by atoms with Crippen molar-refractivity contribution in [2.75, 3.05) is 46.3 Å². The van der Waals surface area contributed by atoms with E-state index in [1.807, 2.05) is 6.92 Å². The smallest absolute Gasteiger partial charge is 0.352 e. The van der Waals surface area contributed by atoms with Gasteiger partial charge in [-0.1, -0.05) is 30.7 Å². The van der Waals surface area contributed by atoms with Gasteiger partial charge < -0.3 is 15.1 Å². The van der Waals surface area contributed by atoms with E-state index in [4.69, 9.17) is 11.6 Å². The minimum Gasteiger partial charge on any atom is -0.352 e. The molecule has 2 rings (SSSR count). The number of hydrogen-bond donors (Lipinski definition) is 1. The quantitative estimate of drug-likeness (QED) is 0.740. The highest BCUT2D eigenvalue weighted by Crippen LogP contribution is 2.34. The van der Waals surface area contributed by atoms with Crippen LogP contribution < -0.4 is 5.32 Å². The Kier molecular flexibility index (Phi) is 7.70. The van der Waals surface area contributed by atoms with Gasteiger partial charge in [0.15, 0.2) is 0 Å². The monoisotopic (exact) mass is 403 g/mol. The van der Waals surface area contributed by atoms with Gasteiger partial charge in [0, 0.05) is 50.4 Å². The zero-order valence-corrected chi connectivity index (χ0v) is 16.3. The predicted octanol–water partition coefficient (Wildman–Crippen LogP) is 3.29. The number of hydrogen-bond acceptors (Lipinski definition) is 3. The second-order valence-corrected chi connectivity index (χ2v) is 7.45. The van der Waals surface area contributed by atoms with E-state index in [9.17, 15) is 18.0 Å². The molecule has 0 aromatic heterocycles. The average molecular weight is 404 g/mol. The Morgan fingerprint density at radius 1 is 1.22 bits per heavy atom. The number of allylic oxidation sites excluding steroid dienone is 1. The molecule has 8 heteroatoms. The van der Waals surface area contributed by atoms with E-state index in [1.165, 1.54) is 24.3 Å². The molecule has 1 aliphatic rings. The molecule has 1 fully saturated rings. The molecule has 1 aromatic rings. The Labute approximate surface area is 163 Å². The van der Waals surface area contributed by atoms with E-state index in [-0.39, 0.29) is 11.5 Å². The Balaban J connectivity index is 1.93. The van der Waals surface area contributed by atoms with Gasteiger partial charge in [-0.2, -0.15) is 13.2 Å². The number of amides is 1. The van der Waals surface area contributed by atoms with Crippen molar-refractivity contribution in [2.45, 2.75) is 13.1 Å². The van der Waals surface area contributed by atoms with E-state index in [0.717, 1.165) is 32.7 Å². The first-order valence-electron chi connectivity index (χ1n) is 8.88. The highest BCUT2D eigenvalue weighted by atomic mass is 35.5. The summed E-state index contributed by atoms with van der Waals surface area (Å²) in [5.41, 5.74) is -1.07. The van der Waals surface area contributed by atoms with Gasteiger partial charge in [0.1, 0.15) is 0 Å². The van der Waals surface area contributed by atoms with Crippen molar-refractivity contribution in [3.8, 4) is 0 Å². The second-order valence-electron chi connectivity index (χ2n) is 7.02. The Bertz CT molecular complexity index is 653. The highest BCUT2D eigenvalue weighted by Gasteiger charge is 2.35. The van der Waals surface area contributed by atoms with Gasteiger partial charge in [0.2, 0.25) is 5.91 Å². The van der Waals surface area contributed by atoms with E-state index in [2.05, 4.69) is 22.2 Å². The maximum absolute atomic E-state index is 13.3. The van der Waals surface area contributed by atoms with Gasteiger partial charge in [-0.25, -0.2) is 0 Å². The Hall–Kier alpha value is -1.57. The van der Waals surface area contributed by atoms with Crippen molar-refractivity contribution in [3.05, 3.63) is 40.9 Å². The van der Waals surface area contributed by atoms with E-state index in [1.54, 1.807) is 0 Å². The lowest BCUT2D eigenvalue weighted by Gasteiger charge is -2.33. The molecular weight excluding hydrogens is 379 g/mol. The van der Waals surface area contributed by atoms with E-state index >= 15 is 0 Å². The van der Waals surface area contributed by atoms with Gasteiger partial charge in [-0.05, 0) is 30.7 Å². The van der Waals surface area contributed by atoms with Crippen LogP contribution in [0.25, 0.3) is 5.57 Å². The number of alkyl halides is 3. The number of halogens is 4. The van der Waals surface area contributed by atoms with Gasteiger partial charge >= 0.3 is 6.18 Å². The largest absolute Gasteiger partial charge is 0.417 e. The van der Waals surface area contributed by atoms with Gasteiger partial charge in [-0.15, -0.1) is 0 Å². The maximum Gasteiger partial charge on any atom is 0.417 e. The average Bonchev–Trinajstić information content (AvgIpc) is 2.60. The standard InChI is InChI=1S/C19H25ClF3N3O/c1-14(13-26-9-7-25(2)8-10-26)12-24-18(27)11-17(19(21,22)23)15-3-5-16(20)6-4-15/h3-6,11,14H,7-10,12-13H2,1-2H3,(H,24,27). The fraction of sp³-hybridized carbons (Fsp3) is 0.526. The summed E-state index contributed by atoms with van der Waals surface area (Å²) in [6.07, 6.45) is -4.01. The number of nitrogens with zero attached hydrogens (tertiary/aromatic N) is 2. The number of piperazine rings is 1. The van der Waals surface area contributed by atoms with Crippen LogP contribution in [-0.4, -0.2) is 68.2 Å². The van der Waals surface area contributed by atoms with Crippen molar-refractivity contribution >= 4 is 23.1 Å². The normalized spacial score (nSPS) is 18.4. The number of nitrogens with one attached hydrogen (secondary N) is 1. The molecule has 0 bridgehead atoms. The third kappa shape index (κ3) is 7.16. The third-order valence-corrected chi connectivity index (χ3v) is 4.78. The molecular formula is C19H25ClF3N3O. The van der Waals surface area contributed by atoms with Gasteiger partial charge in [0.05, 0.1) is 5.57 Å². The number of rotatable bonds is 6. The van der Waals surface area contributed by atoms with Crippen molar-refractivity contribution in [1.29, 1.82) is 0 Å². The molecule has 0 aliphatic carbocycles. The van der Waals surface area contributed by atoms with Crippen LogP contribution in [0.2, 0.25) is 5.02 Å². The van der Waals surface area contributed by atoms with Crippen LogP contribution in [-0.2, 0) is 4.79 Å².